The first-order valence-corrected chi connectivity index (χ1v) is 13.6. The van der Waals surface area contributed by atoms with Crippen molar-refractivity contribution in [2.75, 3.05) is 0 Å². The summed E-state index contributed by atoms with van der Waals surface area (Å²) in [6, 6.07) is 11.5. The molecule has 0 fully saturated rings. The first-order chi connectivity index (χ1) is 14.7. The largest absolute Gasteiger partial charge is 0.444 e. The maximum Gasteiger partial charge on any atom is 0.414 e. The molecular weight excluding hydrogens is 420 g/mol. The number of ether oxygens (including phenoxy) is 1. The highest BCUT2D eigenvalue weighted by Crippen LogP contribution is 2.37. The molecule has 1 heterocycles. The van der Waals surface area contributed by atoms with E-state index in [0.29, 0.717) is 12.3 Å². The number of aliphatic imine (C=N–C) groups is 1. The summed E-state index contributed by atoms with van der Waals surface area (Å²) in [5.74, 6) is -0.0427. The Labute approximate surface area is 192 Å². The van der Waals surface area contributed by atoms with Crippen LogP contribution in [0.2, 0.25) is 18.1 Å². The van der Waals surface area contributed by atoms with Gasteiger partial charge in [0.2, 0.25) is 5.96 Å². The highest BCUT2D eigenvalue weighted by molar-refractivity contribution is 6.74. The number of nitrogens with two attached hydrogens (primary N) is 1. The highest BCUT2D eigenvalue weighted by atomic mass is 28.4. The van der Waals surface area contributed by atoms with Gasteiger partial charge in [0.05, 0.1) is 18.0 Å². The molecule has 0 aliphatic heterocycles. The number of nitrogens with one attached hydrogen (secondary N) is 1. The van der Waals surface area contributed by atoms with E-state index in [1.54, 1.807) is 27.0 Å². The molecule has 174 valence electrons. The minimum atomic E-state index is -1.90. The van der Waals surface area contributed by atoms with Crippen LogP contribution >= 0.6 is 0 Å². The van der Waals surface area contributed by atoms with Crippen LogP contribution in [0.1, 0.15) is 47.1 Å². The lowest BCUT2D eigenvalue weighted by Gasteiger charge is -2.36. The molecule has 1 amide bonds. The number of pyridine rings is 1. The normalized spacial score (nSPS) is 13.1. The van der Waals surface area contributed by atoms with Crippen LogP contribution in [0.3, 0.4) is 0 Å². The molecule has 0 saturated carbocycles. The molecule has 0 saturated heterocycles. The Hall–Kier alpha value is -2.71. The summed E-state index contributed by atoms with van der Waals surface area (Å²) in [6.45, 7) is 17.0. The van der Waals surface area contributed by atoms with E-state index < -0.39 is 20.0 Å². The van der Waals surface area contributed by atoms with E-state index >= 15 is 0 Å². The maximum absolute atomic E-state index is 11.9. The van der Waals surface area contributed by atoms with Crippen LogP contribution in [0.15, 0.2) is 47.6 Å². The number of benzene rings is 1. The molecule has 0 aliphatic rings. The number of hydrogen-bond acceptors (Lipinski definition) is 5. The second-order valence-corrected chi connectivity index (χ2v) is 15.0. The zero-order valence-corrected chi connectivity index (χ0v) is 21.4. The number of carbonyl (C=O) groups excluding carboxylic acids is 1. The smallest absolute Gasteiger partial charge is 0.414 e. The zero-order chi connectivity index (χ0) is 24.2. The van der Waals surface area contributed by atoms with Crippen molar-refractivity contribution >= 4 is 26.1 Å². The summed E-state index contributed by atoms with van der Waals surface area (Å²) in [6.07, 6.45) is 1.11. The van der Waals surface area contributed by atoms with Crippen LogP contribution in [-0.4, -0.2) is 31.0 Å². The molecule has 2 rings (SSSR count). The summed E-state index contributed by atoms with van der Waals surface area (Å²) in [7, 11) is -1.90. The van der Waals surface area contributed by atoms with Crippen molar-refractivity contribution in [1.29, 1.82) is 0 Å². The Morgan fingerprint density at radius 1 is 1.12 bits per heavy atom. The highest BCUT2D eigenvalue weighted by Gasteiger charge is 2.37. The van der Waals surface area contributed by atoms with Gasteiger partial charge in [-0.1, -0.05) is 39.0 Å². The number of amides is 1. The van der Waals surface area contributed by atoms with Gasteiger partial charge in [-0.05, 0) is 57.1 Å². The van der Waals surface area contributed by atoms with Gasteiger partial charge in [-0.25, -0.2) is 9.79 Å². The summed E-state index contributed by atoms with van der Waals surface area (Å²) >= 11 is 0. The molecule has 7 nitrogen and oxygen atoms in total. The molecule has 0 spiro atoms. The molecule has 2 aromatic rings. The fraction of sp³-hybridized carbons (Fsp3) is 0.458. The lowest BCUT2D eigenvalue weighted by Crippen LogP contribution is -2.40. The first-order valence-electron chi connectivity index (χ1n) is 10.7. The van der Waals surface area contributed by atoms with Crippen molar-refractivity contribution in [3.63, 3.8) is 0 Å². The zero-order valence-electron chi connectivity index (χ0n) is 20.4. The number of carbonyl (C=O) groups is 1. The van der Waals surface area contributed by atoms with Crippen molar-refractivity contribution in [1.82, 2.24) is 10.3 Å². The van der Waals surface area contributed by atoms with Crippen molar-refractivity contribution < 1.29 is 14.0 Å². The van der Waals surface area contributed by atoms with Gasteiger partial charge in [-0.2, -0.15) is 0 Å². The van der Waals surface area contributed by atoms with Gasteiger partial charge in [0.1, 0.15) is 5.60 Å². The SMILES string of the molecule is CC(C)(C)OC(=O)NC(N)=Nc1cccc(-c2ncccc2CO[Si](C)(C)C(C)(C)C)c1. The monoisotopic (exact) mass is 456 g/mol. The molecule has 0 unspecified atom stereocenters. The van der Waals surface area contributed by atoms with E-state index in [-0.39, 0.29) is 11.0 Å². The van der Waals surface area contributed by atoms with Gasteiger partial charge in [0, 0.05) is 17.3 Å². The van der Waals surface area contributed by atoms with E-state index in [0.717, 1.165) is 16.8 Å². The van der Waals surface area contributed by atoms with Crippen LogP contribution in [0.4, 0.5) is 10.5 Å². The van der Waals surface area contributed by atoms with Crippen molar-refractivity contribution in [2.45, 2.75) is 71.9 Å². The number of alkyl carbamates (subject to hydrolysis) is 1. The van der Waals surface area contributed by atoms with E-state index in [4.69, 9.17) is 14.9 Å². The minimum absolute atomic E-state index is 0.0427. The van der Waals surface area contributed by atoms with Crippen LogP contribution in [0.5, 0.6) is 0 Å². The molecule has 0 atom stereocenters. The Bertz CT molecular complexity index is 976. The van der Waals surface area contributed by atoms with E-state index in [1.807, 2.05) is 36.4 Å². The Morgan fingerprint density at radius 3 is 2.44 bits per heavy atom. The Kier molecular flexibility index (Phi) is 7.85. The van der Waals surface area contributed by atoms with E-state index in [9.17, 15) is 4.79 Å². The fourth-order valence-corrected chi connectivity index (χ4v) is 3.54. The minimum Gasteiger partial charge on any atom is -0.444 e. The molecule has 0 radical (unpaired) electrons. The molecular formula is C24H36N4O3Si. The quantitative estimate of drug-likeness (QED) is 0.339. The second kappa shape index (κ2) is 9.83. The van der Waals surface area contributed by atoms with Gasteiger partial charge in [0.15, 0.2) is 8.32 Å². The molecule has 1 aromatic carbocycles. The molecule has 8 heteroatoms. The van der Waals surface area contributed by atoms with Gasteiger partial charge in [-0.3, -0.25) is 10.3 Å². The Balaban J connectivity index is 2.23. The summed E-state index contributed by atoms with van der Waals surface area (Å²) in [4.78, 5) is 20.8. The number of aromatic nitrogens is 1. The predicted octanol–water partition coefficient (Wildman–Crippen LogP) is 5.74. The van der Waals surface area contributed by atoms with Crippen LogP contribution in [0, 0.1) is 0 Å². The van der Waals surface area contributed by atoms with E-state index in [1.165, 1.54) is 0 Å². The second-order valence-electron chi connectivity index (χ2n) is 10.2. The maximum atomic E-state index is 11.9. The predicted molar refractivity (Wildman–Crippen MR) is 132 cm³/mol. The standard InChI is InChI=1S/C24H36N4O3Si/c1-23(2,3)31-22(29)28-21(25)27-19-13-9-11-17(15-19)20-18(12-10-14-26-20)16-30-32(7,8)24(4,5)6/h9-15H,16H2,1-8H3,(H3,25,27,28,29). The molecule has 32 heavy (non-hydrogen) atoms. The fourth-order valence-electron chi connectivity index (χ4n) is 2.59. The van der Waals surface area contributed by atoms with Crippen LogP contribution < -0.4 is 11.1 Å². The average Bonchev–Trinajstić information content (AvgIpc) is 2.64. The van der Waals surface area contributed by atoms with Gasteiger partial charge >= 0.3 is 6.09 Å². The van der Waals surface area contributed by atoms with Crippen molar-refractivity contribution in [3.8, 4) is 11.3 Å². The lowest BCUT2D eigenvalue weighted by atomic mass is 10.1. The van der Waals surface area contributed by atoms with Gasteiger partial charge in [0.25, 0.3) is 0 Å². The van der Waals surface area contributed by atoms with Gasteiger partial charge in [-0.15, -0.1) is 0 Å². The third-order valence-electron chi connectivity index (χ3n) is 5.28. The topological polar surface area (TPSA) is 98.8 Å². The molecule has 0 bridgehead atoms. The van der Waals surface area contributed by atoms with E-state index in [2.05, 4.69) is 49.2 Å². The summed E-state index contributed by atoms with van der Waals surface area (Å²) in [5.41, 5.74) is 8.61. The Morgan fingerprint density at radius 2 is 1.81 bits per heavy atom. The average molecular weight is 457 g/mol. The van der Waals surface area contributed by atoms with Crippen LogP contribution in [0.25, 0.3) is 11.3 Å². The van der Waals surface area contributed by atoms with Crippen molar-refractivity contribution in [2.24, 2.45) is 10.7 Å². The number of rotatable bonds is 5. The third-order valence-corrected chi connectivity index (χ3v) is 9.76. The van der Waals surface area contributed by atoms with Gasteiger partial charge < -0.3 is 14.9 Å². The lowest BCUT2D eigenvalue weighted by molar-refractivity contribution is 0.0562. The van der Waals surface area contributed by atoms with Crippen molar-refractivity contribution in [3.05, 3.63) is 48.2 Å². The third kappa shape index (κ3) is 7.46. The number of nitrogens with zero attached hydrogens (tertiary/aromatic N) is 2. The molecule has 0 aliphatic carbocycles. The number of guanidine groups is 1. The summed E-state index contributed by atoms with van der Waals surface area (Å²) in [5, 5.41) is 2.57. The summed E-state index contributed by atoms with van der Waals surface area (Å²) < 4.78 is 11.6. The first kappa shape index (κ1) is 25.5. The molecule has 1 aromatic heterocycles. The van der Waals surface area contributed by atoms with Crippen LogP contribution in [-0.2, 0) is 15.8 Å². The number of hydrogen-bond donors (Lipinski definition) is 2. The molecule has 3 N–H and O–H groups in total.